The van der Waals surface area contributed by atoms with E-state index in [2.05, 4.69) is 6.92 Å². The first-order chi connectivity index (χ1) is 6.20. The Morgan fingerprint density at radius 3 is 2.77 bits per heavy atom. The number of nitrogens with zero attached hydrogens (tertiary/aromatic N) is 1. The van der Waals surface area contributed by atoms with Crippen LogP contribution in [-0.4, -0.2) is 35.6 Å². The molecule has 1 aliphatic rings. The van der Waals surface area contributed by atoms with Gasteiger partial charge in [0.25, 0.3) is 0 Å². The first kappa shape index (κ1) is 10.6. The van der Waals surface area contributed by atoms with E-state index in [-0.39, 0.29) is 17.1 Å². The summed E-state index contributed by atoms with van der Waals surface area (Å²) in [6, 6.07) is 0. The van der Waals surface area contributed by atoms with E-state index in [0.717, 1.165) is 12.8 Å². The van der Waals surface area contributed by atoms with Crippen LogP contribution in [0.25, 0.3) is 0 Å². The van der Waals surface area contributed by atoms with Gasteiger partial charge in [0, 0.05) is 13.0 Å². The van der Waals surface area contributed by atoms with Crippen LogP contribution in [0.1, 0.15) is 26.2 Å². The van der Waals surface area contributed by atoms with Gasteiger partial charge < -0.3 is 0 Å². The van der Waals surface area contributed by atoms with Crippen molar-refractivity contribution in [1.82, 2.24) is 4.90 Å². The van der Waals surface area contributed by atoms with Crippen molar-refractivity contribution in [2.75, 3.05) is 6.54 Å². The molecule has 0 spiro atoms. The van der Waals surface area contributed by atoms with E-state index < -0.39 is 0 Å². The Kier molecular flexibility index (Phi) is 3.84. The van der Waals surface area contributed by atoms with Crippen molar-refractivity contribution >= 4 is 30.6 Å². The number of hydrogen-bond acceptors (Lipinski definition) is 3. The van der Waals surface area contributed by atoms with E-state index in [9.17, 15) is 9.59 Å². The van der Waals surface area contributed by atoms with Crippen molar-refractivity contribution in [3.63, 3.8) is 0 Å². The van der Waals surface area contributed by atoms with E-state index in [0.29, 0.717) is 13.0 Å². The Morgan fingerprint density at radius 2 is 2.31 bits per heavy atom. The summed E-state index contributed by atoms with van der Waals surface area (Å²) in [4.78, 5) is 24.3. The number of carbonyl (C=O) groups excluding carboxylic acids is 2. The van der Waals surface area contributed by atoms with Crippen LogP contribution in [0.2, 0.25) is 0 Å². The van der Waals surface area contributed by atoms with E-state index >= 15 is 0 Å². The lowest BCUT2D eigenvalue weighted by Crippen LogP contribution is -2.32. The van der Waals surface area contributed by atoms with Crippen LogP contribution < -0.4 is 0 Å². The zero-order valence-corrected chi connectivity index (χ0v) is 8.89. The fraction of sp³-hybridized carbons (Fsp3) is 0.750. The third-order valence-electron chi connectivity index (χ3n) is 2.22. The van der Waals surface area contributed by atoms with Gasteiger partial charge in [-0.2, -0.15) is 0 Å². The molecule has 0 saturated carbocycles. The van der Waals surface area contributed by atoms with E-state index in [1.54, 1.807) is 0 Å². The molecule has 0 aromatic heterocycles. The summed E-state index contributed by atoms with van der Waals surface area (Å²) in [7, 11) is 1.87. The Bertz CT molecular complexity index is 222. The number of unbranched alkanes of at least 4 members (excludes halogenated alkanes) is 1. The molecule has 3 nitrogen and oxygen atoms in total. The van der Waals surface area contributed by atoms with Gasteiger partial charge in [0.1, 0.15) is 0 Å². The van der Waals surface area contributed by atoms with E-state index in [1.807, 2.05) is 7.12 Å². The van der Waals surface area contributed by atoms with Gasteiger partial charge in [-0.3, -0.25) is 14.5 Å². The molecule has 1 saturated heterocycles. The highest BCUT2D eigenvalue weighted by molar-refractivity contribution is 8.20. The Balaban J connectivity index is 2.54. The first-order valence-corrected chi connectivity index (χ1v) is 5.86. The maximum Gasteiger partial charge on any atom is 0.241 e. The molecule has 1 heterocycles. The van der Waals surface area contributed by atoms with Crippen LogP contribution >= 0.6 is 11.6 Å². The van der Waals surface area contributed by atoms with Gasteiger partial charge in [0.15, 0.2) is 7.12 Å². The highest BCUT2D eigenvalue weighted by Gasteiger charge is 2.36. The zero-order valence-electron chi connectivity index (χ0n) is 8.08. The largest absolute Gasteiger partial charge is 0.282 e. The Hall–Kier alpha value is -0.445. The van der Waals surface area contributed by atoms with Gasteiger partial charge in [-0.15, -0.1) is 0 Å². The lowest BCUT2D eigenvalue weighted by molar-refractivity contribution is -0.138. The van der Waals surface area contributed by atoms with Crippen LogP contribution in [0.15, 0.2) is 0 Å². The van der Waals surface area contributed by atoms with Gasteiger partial charge in [-0.25, -0.2) is 11.6 Å². The Morgan fingerprint density at radius 1 is 1.62 bits per heavy atom. The molecular formula is C8H14BNO2S. The number of carbonyl (C=O) groups is 2. The molecule has 0 bridgehead atoms. The second kappa shape index (κ2) is 4.70. The van der Waals surface area contributed by atoms with Crippen molar-refractivity contribution in [1.29, 1.82) is 0 Å². The molecule has 1 fully saturated rings. The monoisotopic (exact) mass is 199 g/mol. The summed E-state index contributed by atoms with van der Waals surface area (Å²) in [5, 5.41) is -0.121. The van der Waals surface area contributed by atoms with Crippen molar-refractivity contribution < 1.29 is 9.59 Å². The van der Waals surface area contributed by atoms with Crippen LogP contribution in [-0.2, 0) is 9.59 Å². The molecule has 1 atom stereocenters. The molecule has 2 amide bonds. The summed E-state index contributed by atoms with van der Waals surface area (Å²) in [6.45, 7) is 2.66. The number of likely N-dealkylation sites (tertiary alicyclic amines) is 1. The maximum atomic E-state index is 11.5. The first-order valence-electron chi connectivity index (χ1n) is 4.57. The second-order valence-corrected chi connectivity index (χ2v) is 4.21. The summed E-state index contributed by atoms with van der Waals surface area (Å²) in [6.07, 6.45) is 2.32. The predicted molar refractivity (Wildman–Crippen MR) is 56.2 cm³/mol. The van der Waals surface area contributed by atoms with Crippen LogP contribution in [0.5, 0.6) is 0 Å². The highest BCUT2D eigenvalue weighted by atomic mass is 32.2. The molecule has 0 N–H and O–H groups in total. The average Bonchev–Trinajstić information content (AvgIpc) is 2.39. The standard InChI is InChI=1S/C8H14BNO2S/c1-2-3-4-10-7(11)5-6(13-9)8(10)12/h6H,2-5,9H2,1H3. The fourth-order valence-electron chi connectivity index (χ4n) is 1.39. The molecule has 72 valence electrons. The predicted octanol–water partition coefficient (Wildman–Crippen LogP) is 0.195. The third kappa shape index (κ3) is 2.27. The minimum atomic E-state index is -0.121. The smallest absolute Gasteiger partial charge is 0.241 e. The van der Waals surface area contributed by atoms with Gasteiger partial charge in [0.2, 0.25) is 11.8 Å². The quantitative estimate of drug-likeness (QED) is 0.479. The van der Waals surface area contributed by atoms with Crippen LogP contribution in [0.3, 0.4) is 0 Å². The summed E-state index contributed by atoms with van der Waals surface area (Å²) in [5.74, 6) is 0.00347. The Labute approximate surface area is 83.5 Å². The lowest BCUT2D eigenvalue weighted by Gasteiger charge is -2.13. The number of rotatable bonds is 4. The molecule has 1 unspecified atom stereocenters. The minimum Gasteiger partial charge on any atom is -0.282 e. The SMILES string of the molecule is BSC1CC(=O)N(CCCC)C1=O. The summed E-state index contributed by atoms with van der Waals surface area (Å²) < 4.78 is 0. The van der Waals surface area contributed by atoms with Crippen LogP contribution in [0, 0.1) is 0 Å². The summed E-state index contributed by atoms with van der Waals surface area (Å²) >= 11 is 1.47. The molecule has 1 rings (SSSR count). The van der Waals surface area contributed by atoms with Crippen molar-refractivity contribution in [3.05, 3.63) is 0 Å². The molecule has 1 aliphatic heterocycles. The fourth-order valence-corrected chi connectivity index (χ4v) is 2.03. The molecule has 0 aliphatic carbocycles. The maximum absolute atomic E-state index is 11.5. The number of amides is 2. The van der Waals surface area contributed by atoms with Crippen LogP contribution in [0.4, 0.5) is 0 Å². The lowest BCUT2D eigenvalue weighted by atomic mass is 10.3. The van der Waals surface area contributed by atoms with Crippen molar-refractivity contribution in [2.45, 2.75) is 31.4 Å². The third-order valence-corrected chi connectivity index (χ3v) is 3.16. The minimum absolute atomic E-state index is 0.00204. The molecule has 0 radical (unpaired) electrons. The summed E-state index contributed by atoms with van der Waals surface area (Å²) in [5.41, 5.74) is 0. The van der Waals surface area contributed by atoms with Gasteiger partial charge >= 0.3 is 0 Å². The number of imide groups is 1. The molecule has 13 heavy (non-hydrogen) atoms. The van der Waals surface area contributed by atoms with Gasteiger partial charge in [0.05, 0.1) is 5.25 Å². The van der Waals surface area contributed by atoms with Crippen molar-refractivity contribution in [3.8, 4) is 0 Å². The van der Waals surface area contributed by atoms with E-state index in [4.69, 9.17) is 0 Å². The average molecular weight is 199 g/mol. The second-order valence-electron chi connectivity index (χ2n) is 3.17. The van der Waals surface area contributed by atoms with Crippen molar-refractivity contribution in [2.24, 2.45) is 0 Å². The topological polar surface area (TPSA) is 37.4 Å². The van der Waals surface area contributed by atoms with E-state index in [1.165, 1.54) is 16.5 Å². The molecule has 5 heteroatoms. The highest BCUT2D eigenvalue weighted by Crippen LogP contribution is 2.22. The molecular weight excluding hydrogens is 185 g/mol. The van der Waals surface area contributed by atoms with Gasteiger partial charge in [-0.05, 0) is 6.42 Å². The molecule has 0 aromatic carbocycles. The normalized spacial score (nSPS) is 22.8. The number of hydrogen-bond donors (Lipinski definition) is 0. The zero-order chi connectivity index (χ0) is 9.84. The molecule has 0 aromatic rings. The van der Waals surface area contributed by atoms with Gasteiger partial charge in [-0.1, -0.05) is 13.3 Å².